The Balaban J connectivity index is 1.04. The highest BCUT2D eigenvalue weighted by molar-refractivity contribution is 6.23. The molecule has 2 aliphatic rings. The third-order valence-electron chi connectivity index (χ3n) is 19.6. The Morgan fingerprint density at radius 2 is 0.701 bits per heavy atom. The van der Waals surface area contributed by atoms with Crippen LogP contribution in [-0.2, 0) is 16.2 Å². The maximum atomic E-state index is 2.55. The van der Waals surface area contributed by atoms with Gasteiger partial charge in [0, 0.05) is 45.0 Å². The second-order valence-electron chi connectivity index (χ2n) is 27.3. The van der Waals surface area contributed by atoms with Gasteiger partial charge in [-0.25, -0.2) is 0 Å². The van der Waals surface area contributed by atoms with Crippen molar-refractivity contribution < 1.29 is 0 Å². The van der Waals surface area contributed by atoms with E-state index in [1.807, 2.05) is 0 Å². The number of nitrogens with zero attached hydrogens (tertiary/aromatic N) is 2. The van der Waals surface area contributed by atoms with Crippen molar-refractivity contribution in [2.75, 3.05) is 9.80 Å². The van der Waals surface area contributed by atoms with E-state index in [2.05, 4.69) is 329 Å². The van der Waals surface area contributed by atoms with E-state index < -0.39 is 0 Å². The lowest BCUT2D eigenvalue weighted by atomic mass is 9.78. The molecule has 2 aliphatic carbocycles. The summed E-state index contributed by atoms with van der Waals surface area (Å²) in [7, 11) is 0. The summed E-state index contributed by atoms with van der Waals surface area (Å²) in [5, 5.41) is 10.0. The van der Waals surface area contributed by atoms with Gasteiger partial charge >= 0.3 is 0 Å². The zero-order valence-corrected chi connectivity index (χ0v) is 52.1. The predicted molar refractivity (Wildman–Crippen MR) is 374 cm³/mol. The minimum atomic E-state index is -0.257. The maximum absolute atomic E-state index is 2.55. The third kappa shape index (κ3) is 8.73. The van der Waals surface area contributed by atoms with E-state index in [1.54, 1.807) is 0 Å². The molecule has 0 aromatic heterocycles. The van der Waals surface area contributed by atoms with Crippen LogP contribution in [0.5, 0.6) is 0 Å². The molecule has 2 nitrogen and oxygen atoms in total. The van der Waals surface area contributed by atoms with E-state index in [1.165, 1.54) is 132 Å². The fourth-order valence-electron chi connectivity index (χ4n) is 15.0. The quantitative estimate of drug-likeness (QED) is 0.133. The fourth-order valence-corrected chi connectivity index (χ4v) is 15.0. The average Bonchev–Trinajstić information content (AvgIpc) is 1.77. The number of hydrogen-bond acceptors (Lipinski definition) is 2. The van der Waals surface area contributed by atoms with Crippen LogP contribution in [-0.4, -0.2) is 0 Å². The molecule has 424 valence electrons. The van der Waals surface area contributed by atoms with E-state index in [4.69, 9.17) is 0 Å². The lowest BCUT2D eigenvalue weighted by molar-refractivity contribution is 0.590. The van der Waals surface area contributed by atoms with Crippen molar-refractivity contribution >= 4 is 77.2 Å². The topological polar surface area (TPSA) is 6.48 Å². The fraction of sp³-hybridized carbons (Fsp3) is 0.176. The Labute approximate surface area is 514 Å². The van der Waals surface area contributed by atoms with Crippen LogP contribution in [0.2, 0.25) is 0 Å². The van der Waals surface area contributed by atoms with Crippen LogP contribution in [0.15, 0.2) is 243 Å². The normalized spacial score (nSPS) is 13.7. The molecule has 0 N–H and O–H groups in total. The SMILES string of the molecule is Cc1ccc(N(c2ccc(C(C)C)cc2)c2ccc3c(-c4ccc5c(c4)C(C)(C)c4c-5ccc5ccccc45)c4cc(N(c5ccc(C)cc5)c5ccc(C(C)(C)C)cc5)ccc4c(-c4ccc5c(c4)C(C)(C)c4c-5ccc5ccccc45)c3c2)cc1. The van der Waals surface area contributed by atoms with Gasteiger partial charge in [0.2, 0.25) is 0 Å². The first kappa shape index (κ1) is 54.2. The smallest absolute Gasteiger partial charge is 0.0468 e. The minimum absolute atomic E-state index is 0.0141. The molecule has 0 heterocycles. The minimum Gasteiger partial charge on any atom is -0.310 e. The largest absolute Gasteiger partial charge is 0.310 e. The zero-order valence-electron chi connectivity index (χ0n) is 52.1. The first-order chi connectivity index (χ1) is 41.9. The molecular weight excluding hydrogens is 1050 g/mol. The number of rotatable bonds is 9. The molecule has 0 spiro atoms. The van der Waals surface area contributed by atoms with Crippen LogP contribution < -0.4 is 9.80 Å². The Kier molecular flexibility index (Phi) is 12.5. The summed E-state index contributed by atoms with van der Waals surface area (Å²) in [5.74, 6) is 0.419. The Bertz CT molecular complexity index is 4910. The molecule has 0 fully saturated rings. The summed E-state index contributed by atoms with van der Waals surface area (Å²) < 4.78 is 0. The Hall–Kier alpha value is -9.50. The molecule has 0 unspecified atom stereocenters. The average molecular weight is 1120 g/mol. The molecule has 0 aliphatic heterocycles. The molecule has 0 radical (unpaired) electrons. The zero-order chi connectivity index (χ0) is 59.8. The molecule has 15 rings (SSSR count). The van der Waals surface area contributed by atoms with Gasteiger partial charge in [0.15, 0.2) is 0 Å². The number of anilines is 6. The maximum Gasteiger partial charge on any atom is 0.0468 e. The molecule has 0 saturated heterocycles. The summed E-state index contributed by atoms with van der Waals surface area (Å²) in [4.78, 5) is 4.91. The van der Waals surface area contributed by atoms with Gasteiger partial charge in [0.1, 0.15) is 0 Å². The van der Waals surface area contributed by atoms with Crippen LogP contribution in [0.3, 0.4) is 0 Å². The predicted octanol–water partition coefficient (Wildman–Crippen LogP) is 24.2. The van der Waals surface area contributed by atoms with Crippen molar-refractivity contribution in [1.29, 1.82) is 0 Å². The van der Waals surface area contributed by atoms with Crippen molar-refractivity contribution in [3.8, 4) is 44.5 Å². The summed E-state index contributed by atoms with van der Waals surface area (Å²) in [6.45, 7) is 25.5. The molecule has 0 atom stereocenters. The number of fused-ring (bicyclic) bond motifs is 12. The van der Waals surface area contributed by atoms with Crippen molar-refractivity contribution in [2.45, 2.75) is 98.3 Å². The van der Waals surface area contributed by atoms with E-state index in [-0.39, 0.29) is 16.2 Å². The van der Waals surface area contributed by atoms with Crippen LogP contribution in [0, 0.1) is 13.8 Å². The van der Waals surface area contributed by atoms with E-state index in [0.29, 0.717) is 5.92 Å². The molecule has 0 amide bonds. The molecule has 0 bridgehead atoms. The first-order valence-electron chi connectivity index (χ1n) is 31.2. The van der Waals surface area contributed by atoms with Gasteiger partial charge in [0.05, 0.1) is 0 Å². The number of hydrogen-bond donors (Lipinski definition) is 0. The van der Waals surface area contributed by atoms with E-state index in [9.17, 15) is 0 Å². The molecule has 2 heteroatoms. The van der Waals surface area contributed by atoms with Crippen molar-refractivity contribution in [3.05, 3.63) is 287 Å². The van der Waals surface area contributed by atoms with Crippen LogP contribution in [0.1, 0.15) is 113 Å². The van der Waals surface area contributed by atoms with Gasteiger partial charge in [-0.1, -0.05) is 231 Å². The molecular formula is C85H74N2. The number of benzene rings is 13. The van der Waals surface area contributed by atoms with E-state index in [0.717, 1.165) is 34.1 Å². The van der Waals surface area contributed by atoms with Crippen molar-refractivity contribution in [3.63, 3.8) is 0 Å². The van der Waals surface area contributed by atoms with Gasteiger partial charge in [-0.3, -0.25) is 0 Å². The standard InChI is InChI=1S/C85H74N2/c1-52(2)55-24-36-63(37-25-55)86(61-32-20-53(3)21-33-61)65-40-46-71-75(50-65)79(58-28-42-69-73-44-26-56-16-12-14-18-67(56)81(73)84(8,9)77(69)48-58)72-47-41-66(87(62-34-22-54(4)23-35-62)64-38-30-60(31-39-64)83(5,6)7)51-76(72)80(71)59-29-43-70-74-45-27-57-17-13-15-19-68(57)82(74)85(10,11)78(70)49-59/h12-52H,1-11H3. The highest BCUT2D eigenvalue weighted by Crippen LogP contribution is 2.57. The lowest BCUT2D eigenvalue weighted by Crippen LogP contribution is -2.15. The van der Waals surface area contributed by atoms with Gasteiger partial charge in [-0.15, -0.1) is 0 Å². The second kappa shape index (κ2) is 20.0. The lowest BCUT2D eigenvalue weighted by Gasteiger charge is -2.29. The molecule has 87 heavy (non-hydrogen) atoms. The van der Waals surface area contributed by atoms with Crippen molar-refractivity contribution in [2.24, 2.45) is 0 Å². The Morgan fingerprint density at radius 3 is 1.10 bits per heavy atom. The third-order valence-corrected chi connectivity index (χ3v) is 19.6. The first-order valence-corrected chi connectivity index (χ1v) is 31.2. The monoisotopic (exact) mass is 1120 g/mol. The molecule has 13 aromatic rings. The van der Waals surface area contributed by atoms with Crippen molar-refractivity contribution in [1.82, 2.24) is 0 Å². The second-order valence-corrected chi connectivity index (χ2v) is 27.3. The van der Waals surface area contributed by atoms with Crippen LogP contribution in [0.25, 0.3) is 87.6 Å². The van der Waals surface area contributed by atoms with Gasteiger partial charge in [-0.05, 0) is 231 Å². The number of aryl methyl sites for hydroxylation is 2. The molecule has 13 aromatic carbocycles. The van der Waals surface area contributed by atoms with Crippen LogP contribution in [0.4, 0.5) is 34.1 Å². The van der Waals surface area contributed by atoms with E-state index >= 15 is 0 Å². The highest BCUT2D eigenvalue weighted by Gasteiger charge is 2.39. The van der Waals surface area contributed by atoms with Gasteiger partial charge < -0.3 is 9.80 Å². The van der Waals surface area contributed by atoms with Gasteiger partial charge in [-0.2, -0.15) is 0 Å². The molecule has 0 saturated carbocycles. The highest BCUT2D eigenvalue weighted by atomic mass is 15.1. The van der Waals surface area contributed by atoms with Gasteiger partial charge in [0.25, 0.3) is 0 Å². The Morgan fingerprint density at radius 1 is 0.333 bits per heavy atom. The van der Waals surface area contributed by atoms with Crippen LogP contribution >= 0.6 is 0 Å². The summed E-state index contributed by atoms with van der Waals surface area (Å²) >= 11 is 0. The summed E-state index contributed by atoms with van der Waals surface area (Å²) in [6, 6.07) is 93.2. The summed E-state index contributed by atoms with van der Waals surface area (Å²) in [5.41, 5.74) is 27.0. The summed E-state index contributed by atoms with van der Waals surface area (Å²) in [6.07, 6.45) is 0.